The van der Waals surface area contributed by atoms with E-state index in [2.05, 4.69) is 10.8 Å². The van der Waals surface area contributed by atoms with Gasteiger partial charge in [0.05, 0.1) is 7.11 Å². The van der Waals surface area contributed by atoms with Crippen LogP contribution in [0.3, 0.4) is 0 Å². The molecule has 1 aliphatic carbocycles. The SMILES string of the molecule is COC(=O)/C=C1\C=CCCC1. The van der Waals surface area contributed by atoms with Crippen LogP contribution in [0.1, 0.15) is 19.3 Å². The van der Waals surface area contributed by atoms with Gasteiger partial charge in [0.25, 0.3) is 0 Å². The average molecular weight is 152 g/mol. The van der Waals surface area contributed by atoms with Gasteiger partial charge < -0.3 is 4.74 Å². The molecule has 1 aliphatic rings. The summed E-state index contributed by atoms with van der Waals surface area (Å²) in [6.45, 7) is 0. The largest absolute Gasteiger partial charge is 0.466 e. The molecule has 0 aliphatic heterocycles. The predicted molar refractivity (Wildman–Crippen MR) is 43.1 cm³/mol. The van der Waals surface area contributed by atoms with Gasteiger partial charge in [-0.15, -0.1) is 0 Å². The van der Waals surface area contributed by atoms with Gasteiger partial charge in [0.15, 0.2) is 0 Å². The van der Waals surface area contributed by atoms with E-state index in [0.717, 1.165) is 24.8 Å². The lowest BCUT2D eigenvalue weighted by atomic mass is 10.0. The summed E-state index contributed by atoms with van der Waals surface area (Å²) in [7, 11) is 1.39. The van der Waals surface area contributed by atoms with E-state index in [0.29, 0.717) is 0 Å². The summed E-state index contributed by atoms with van der Waals surface area (Å²) in [5, 5.41) is 0. The molecule has 0 bridgehead atoms. The molecule has 0 heterocycles. The Morgan fingerprint density at radius 1 is 1.73 bits per heavy atom. The van der Waals surface area contributed by atoms with Gasteiger partial charge in [-0.3, -0.25) is 0 Å². The van der Waals surface area contributed by atoms with Crippen molar-refractivity contribution in [2.75, 3.05) is 7.11 Å². The minimum absolute atomic E-state index is 0.258. The molecule has 0 saturated heterocycles. The van der Waals surface area contributed by atoms with Gasteiger partial charge >= 0.3 is 5.97 Å². The second kappa shape index (κ2) is 3.96. The molecule has 0 aromatic heterocycles. The lowest BCUT2D eigenvalue weighted by Crippen LogP contribution is -1.97. The predicted octanol–water partition coefficient (Wildman–Crippen LogP) is 1.83. The zero-order chi connectivity index (χ0) is 8.10. The molecule has 0 aromatic rings. The van der Waals surface area contributed by atoms with E-state index in [4.69, 9.17) is 0 Å². The van der Waals surface area contributed by atoms with E-state index < -0.39 is 0 Å². The van der Waals surface area contributed by atoms with Crippen molar-refractivity contribution < 1.29 is 9.53 Å². The maximum Gasteiger partial charge on any atom is 0.330 e. The van der Waals surface area contributed by atoms with Gasteiger partial charge in [-0.2, -0.15) is 0 Å². The van der Waals surface area contributed by atoms with E-state index >= 15 is 0 Å². The van der Waals surface area contributed by atoms with E-state index in [1.165, 1.54) is 7.11 Å². The highest BCUT2D eigenvalue weighted by Crippen LogP contribution is 2.15. The molecule has 11 heavy (non-hydrogen) atoms. The monoisotopic (exact) mass is 152 g/mol. The lowest BCUT2D eigenvalue weighted by molar-refractivity contribution is -0.134. The van der Waals surface area contributed by atoms with E-state index in [-0.39, 0.29) is 5.97 Å². The number of esters is 1. The number of allylic oxidation sites excluding steroid dienone is 3. The van der Waals surface area contributed by atoms with E-state index in [1.807, 2.05) is 6.08 Å². The van der Waals surface area contributed by atoms with Crippen LogP contribution in [0.2, 0.25) is 0 Å². The van der Waals surface area contributed by atoms with Crippen LogP contribution >= 0.6 is 0 Å². The maximum absolute atomic E-state index is 10.7. The minimum atomic E-state index is -0.258. The number of rotatable bonds is 1. The summed E-state index contributed by atoms with van der Waals surface area (Å²) >= 11 is 0. The number of hydrogen-bond donors (Lipinski definition) is 0. The van der Waals surface area contributed by atoms with Gasteiger partial charge in [0.1, 0.15) is 0 Å². The summed E-state index contributed by atoms with van der Waals surface area (Å²) < 4.78 is 4.50. The molecule has 60 valence electrons. The molecule has 0 atom stereocenters. The Morgan fingerprint density at radius 2 is 2.55 bits per heavy atom. The molecule has 0 unspecified atom stereocenters. The highest BCUT2D eigenvalue weighted by atomic mass is 16.5. The molecular formula is C9H12O2. The summed E-state index contributed by atoms with van der Waals surface area (Å²) in [5.41, 5.74) is 1.07. The van der Waals surface area contributed by atoms with Crippen molar-refractivity contribution in [3.8, 4) is 0 Å². The Labute approximate surface area is 66.5 Å². The standard InChI is InChI=1S/C9H12O2/c1-11-9(10)7-8-5-3-2-4-6-8/h3,5,7H,2,4,6H2,1H3/b8-7+. The Kier molecular flexibility index (Phi) is 2.90. The number of ether oxygens (including phenoxy) is 1. The highest BCUT2D eigenvalue weighted by molar-refractivity contribution is 5.83. The molecule has 2 heteroatoms. The van der Waals surface area contributed by atoms with Crippen molar-refractivity contribution >= 4 is 5.97 Å². The molecule has 0 amide bonds. The number of methoxy groups -OCH3 is 1. The molecule has 0 spiro atoms. The molecular weight excluding hydrogens is 140 g/mol. The van der Waals surface area contributed by atoms with Crippen molar-refractivity contribution in [3.05, 3.63) is 23.8 Å². The normalized spacial score (nSPS) is 20.3. The zero-order valence-corrected chi connectivity index (χ0v) is 6.67. The van der Waals surface area contributed by atoms with Crippen molar-refractivity contribution in [2.24, 2.45) is 0 Å². The third-order valence-electron chi connectivity index (χ3n) is 1.67. The van der Waals surface area contributed by atoms with Crippen LogP contribution in [0.5, 0.6) is 0 Å². The quantitative estimate of drug-likeness (QED) is 0.423. The summed E-state index contributed by atoms with van der Waals surface area (Å²) in [6.07, 6.45) is 8.87. The average Bonchev–Trinajstić information content (AvgIpc) is 2.06. The second-order valence-corrected chi connectivity index (χ2v) is 2.54. The van der Waals surface area contributed by atoms with Gasteiger partial charge in [0, 0.05) is 6.08 Å². The van der Waals surface area contributed by atoms with Gasteiger partial charge in [-0.05, 0) is 24.8 Å². The van der Waals surface area contributed by atoms with Crippen molar-refractivity contribution in [1.29, 1.82) is 0 Å². The molecule has 2 nitrogen and oxygen atoms in total. The van der Waals surface area contributed by atoms with Gasteiger partial charge in [-0.1, -0.05) is 12.2 Å². The Morgan fingerprint density at radius 3 is 3.09 bits per heavy atom. The third kappa shape index (κ3) is 2.58. The van der Waals surface area contributed by atoms with Crippen LogP contribution in [0, 0.1) is 0 Å². The smallest absolute Gasteiger partial charge is 0.330 e. The molecule has 0 N–H and O–H groups in total. The number of carbonyl (C=O) groups is 1. The summed E-state index contributed by atoms with van der Waals surface area (Å²) in [5.74, 6) is -0.258. The van der Waals surface area contributed by atoms with Gasteiger partial charge in [0.2, 0.25) is 0 Å². The number of hydrogen-bond acceptors (Lipinski definition) is 2. The fourth-order valence-corrected chi connectivity index (χ4v) is 1.07. The zero-order valence-electron chi connectivity index (χ0n) is 6.67. The minimum Gasteiger partial charge on any atom is -0.466 e. The first-order valence-electron chi connectivity index (χ1n) is 3.78. The molecule has 0 radical (unpaired) electrons. The van der Waals surface area contributed by atoms with Crippen LogP contribution in [-0.4, -0.2) is 13.1 Å². The van der Waals surface area contributed by atoms with E-state index in [9.17, 15) is 4.79 Å². The lowest BCUT2D eigenvalue weighted by Gasteiger charge is -2.05. The first-order chi connectivity index (χ1) is 5.33. The Balaban J connectivity index is 2.57. The van der Waals surface area contributed by atoms with Crippen LogP contribution in [0.15, 0.2) is 23.8 Å². The Bertz CT molecular complexity index is 202. The van der Waals surface area contributed by atoms with E-state index in [1.54, 1.807) is 6.08 Å². The van der Waals surface area contributed by atoms with Gasteiger partial charge in [-0.25, -0.2) is 4.79 Å². The summed E-state index contributed by atoms with van der Waals surface area (Å²) in [6, 6.07) is 0. The maximum atomic E-state index is 10.7. The van der Waals surface area contributed by atoms with Crippen LogP contribution in [0.4, 0.5) is 0 Å². The first-order valence-corrected chi connectivity index (χ1v) is 3.78. The second-order valence-electron chi connectivity index (χ2n) is 2.54. The van der Waals surface area contributed by atoms with Crippen LogP contribution < -0.4 is 0 Å². The topological polar surface area (TPSA) is 26.3 Å². The highest BCUT2D eigenvalue weighted by Gasteiger charge is 2.01. The number of carbonyl (C=O) groups excluding carboxylic acids is 1. The van der Waals surface area contributed by atoms with Crippen LogP contribution in [-0.2, 0) is 9.53 Å². The molecule has 0 aromatic carbocycles. The molecule has 0 saturated carbocycles. The third-order valence-corrected chi connectivity index (χ3v) is 1.67. The Hall–Kier alpha value is -1.05. The van der Waals surface area contributed by atoms with Crippen LogP contribution in [0.25, 0.3) is 0 Å². The fraction of sp³-hybridized carbons (Fsp3) is 0.444. The first kappa shape index (κ1) is 8.05. The van der Waals surface area contributed by atoms with Crippen molar-refractivity contribution in [1.82, 2.24) is 0 Å². The fourth-order valence-electron chi connectivity index (χ4n) is 1.07. The molecule has 0 fully saturated rings. The summed E-state index contributed by atoms with van der Waals surface area (Å²) in [4.78, 5) is 10.7. The van der Waals surface area contributed by atoms with Crippen molar-refractivity contribution in [2.45, 2.75) is 19.3 Å². The van der Waals surface area contributed by atoms with Crippen molar-refractivity contribution in [3.63, 3.8) is 0 Å². The molecule has 1 rings (SSSR count).